The summed E-state index contributed by atoms with van der Waals surface area (Å²) >= 11 is 1.45. The van der Waals surface area contributed by atoms with Gasteiger partial charge < -0.3 is 18.6 Å². The van der Waals surface area contributed by atoms with Gasteiger partial charge in [0.05, 0.1) is 23.6 Å². The first-order valence-electron chi connectivity index (χ1n) is 9.90. The molecule has 0 bridgehead atoms. The molecule has 3 aromatic rings. The largest absolute Gasteiger partial charge is 0.454 e. The average Bonchev–Trinajstić information content (AvgIpc) is 3.31. The zero-order valence-electron chi connectivity index (χ0n) is 18.1. The molecule has 7 nitrogen and oxygen atoms in total. The Balaban J connectivity index is 1.64. The summed E-state index contributed by atoms with van der Waals surface area (Å²) in [6, 6.07) is 10.8. The number of nitrogens with zero attached hydrogens (tertiary/aromatic N) is 2. The van der Waals surface area contributed by atoms with Gasteiger partial charge in [-0.15, -0.1) is 11.8 Å². The molecule has 0 saturated heterocycles. The number of ether oxygens (including phenoxy) is 2. The van der Waals surface area contributed by atoms with Gasteiger partial charge in [-0.2, -0.15) is 0 Å². The number of thioether (sulfide) groups is 1. The van der Waals surface area contributed by atoms with Crippen molar-refractivity contribution in [2.75, 3.05) is 20.3 Å². The lowest BCUT2D eigenvalue weighted by Crippen LogP contribution is -2.16. The van der Waals surface area contributed by atoms with Gasteiger partial charge in [-0.1, -0.05) is 17.3 Å². The number of methoxy groups -OCH3 is 1. The minimum absolute atomic E-state index is 0.229. The minimum Gasteiger partial charge on any atom is -0.454 e. The molecule has 0 N–H and O–H groups in total. The molecule has 2 aromatic heterocycles. The Morgan fingerprint density at radius 2 is 1.90 bits per heavy atom. The van der Waals surface area contributed by atoms with Crippen molar-refractivity contribution in [3.8, 4) is 0 Å². The molecule has 0 unspecified atom stereocenters. The quantitative estimate of drug-likeness (QED) is 0.262. The van der Waals surface area contributed by atoms with Crippen LogP contribution in [-0.2, 0) is 21.8 Å². The van der Waals surface area contributed by atoms with Crippen LogP contribution < -0.4 is 0 Å². The van der Waals surface area contributed by atoms with E-state index in [0.29, 0.717) is 30.0 Å². The second kappa shape index (κ2) is 10.5. The monoisotopic (exact) mass is 442 g/mol. The summed E-state index contributed by atoms with van der Waals surface area (Å²) in [6.07, 6.45) is 0. The van der Waals surface area contributed by atoms with E-state index in [4.69, 9.17) is 14.0 Å². The minimum atomic E-state index is -0.529. The Kier molecular flexibility index (Phi) is 7.70. The third-order valence-corrected chi connectivity index (χ3v) is 5.98. The lowest BCUT2D eigenvalue weighted by Gasteiger charge is -2.10. The van der Waals surface area contributed by atoms with Gasteiger partial charge in [0.15, 0.2) is 6.61 Å². The van der Waals surface area contributed by atoms with Crippen molar-refractivity contribution in [1.82, 2.24) is 9.72 Å². The van der Waals surface area contributed by atoms with E-state index < -0.39 is 5.97 Å². The Hall–Kier alpha value is -2.84. The average molecular weight is 443 g/mol. The number of hydrogen-bond acceptors (Lipinski definition) is 7. The molecule has 3 rings (SSSR count). The van der Waals surface area contributed by atoms with E-state index in [0.717, 1.165) is 27.7 Å². The Labute approximate surface area is 185 Å². The summed E-state index contributed by atoms with van der Waals surface area (Å²) < 4.78 is 17.7. The molecule has 0 saturated carbocycles. The number of esters is 1. The van der Waals surface area contributed by atoms with Crippen molar-refractivity contribution in [1.29, 1.82) is 0 Å². The van der Waals surface area contributed by atoms with Crippen LogP contribution in [0, 0.1) is 20.8 Å². The maximum Gasteiger partial charge on any atom is 0.339 e. The van der Waals surface area contributed by atoms with Crippen LogP contribution in [0.3, 0.4) is 0 Å². The third kappa shape index (κ3) is 5.65. The Bertz CT molecular complexity index is 1070. The van der Waals surface area contributed by atoms with Crippen LogP contribution in [-0.4, -0.2) is 41.8 Å². The smallest absolute Gasteiger partial charge is 0.339 e. The van der Waals surface area contributed by atoms with Crippen LogP contribution in [0.4, 0.5) is 0 Å². The van der Waals surface area contributed by atoms with Crippen LogP contribution >= 0.6 is 11.8 Å². The highest BCUT2D eigenvalue weighted by atomic mass is 32.2. The number of aryl methyl sites for hydroxylation is 2. The first kappa shape index (κ1) is 22.8. The molecule has 0 atom stereocenters. The first-order valence-corrected chi connectivity index (χ1v) is 10.9. The molecule has 164 valence electrons. The number of ketones is 1. The molecule has 8 heteroatoms. The second-order valence-corrected chi connectivity index (χ2v) is 8.17. The predicted molar refractivity (Wildman–Crippen MR) is 118 cm³/mol. The van der Waals surface area contributed by atoms with Gasteiger partial charge in [-0.25, -0.2) is 4.79 Å². The standard InChI is InChI=1S/C23H26N2O5S/c1-15-11-18(30-24-15)14-31-22-8-6-5-7-19(22)23(27)29-13-21(26)20-12-16(2)25(17(20)3)9-10-28-4/h5-8,11-12H,9-10,13-14H2,1-4H3. The van der Waals surface area contributed by atoms with Gasteiger partial charge in [0.25, 0.3) is 0 Å². The van der Waals surface area contributed by atoms with Gasteiger partial charge in [0.1, 0.15) is 5.76 Å². The summed E-state index contributed by atoms with van der Waals surface area (Å²) in [7, 11) is 1.64. The van der Waals surface area contributed by atoms with E-state index in [-0.39, 0.29) is 12.4 Å². The van der Waals surface area contributed by atoms with E-state index in [1.54, 1.807) is 19.2 Å². The molecule has 0 aliphatic heterocycles. The van der Waals surface area contributed by atoms with Crippen LogP contribution in [0.25, 0.3) is 0 Å². The zero-order valence-corrected chi connectivity index (χ0v) is 19.0. The summed E-state index contributed by atoms with van der Waals surface area (Å²) in [4.78, 5) is 26.1. The highest BCUT2D eigenvalue weighted by Gasteiger charge is 2.19. The molecule has 0 spiro atoms. The molecule has 31 heavy (non-hydrogen) atoms. The summed E-state index contributed by atoms with van der Waals surface area (Å²) in [6.45, 7) is 6.59. The number of aromatic nitrogens is 2. The lowest BCUT2D eigenvalue weighted by atomic mass is 10.1. The molecule has 2 heterocycles. The van der Waals surface area contributed by atoms with Crippen LogP contribution in [0.5, 0.6) is 0 Å². The van der Waals surface area contributed by atoms with Crippen LogP contribution in [0.2, 0.25) is 0 Å². The number of carbonyl (C=O) groups is 2. The van der Waals surface area contributed by atoms with Crippen molar-refractivity contribution in [2.24, 2.45) is 0 Å². The second-order valence-electron chi connectivity index (χ2n) is 7.15. The summed E-state index contributed by atoms with van der Waals surface area (Å²) in [5, 5.41) is 3.87. The van der Waals surface area contributed by atoms with Crippen LogP contribution in [0.1, 0.15) is 43.6 Å². The molecule has 0 aliphatic carbocycles. The van der Waals surface area contributed by atoms with E-state index in [1.807, 2.05) is 49.6 Å². The van der Waals surface area contributed by atoms with Gasteiger partial charge in [0.2, 0.25) is 5.78 Å². The van der Waals surface area contributed by atoms with Gasteiger partial charge >= 0.3 is 5.97 Å². The molecular weight excluding hydrogens is 416 g/mol. The molecule has 0 amide bonds. The molecular formula is C23H26N2O5S. The van der Waals surface area contributed by atoms with Gasteiger partial charge in [0, 0.05) is 41.6 Å². The molecule has 0 fully saturated rings. The van der Waals surface area contributed by atoms with Crippen molar-refractivity contribution >= 4 is 23.5 Å². The number of rotatable bonds is 10. The fourth-order valence-corrected chi connectivity index (χ4v) is 4.21. The normalized spacial score (nSPS) is 11.0. The maximum atomic E-state index is 12.7. The van der Waals surface area contributed by atoms with Gasteiger partial charge in [-0.3, -0.25) is 4.79 Å². The lowest BCUT2D eigenvalue weighted by molar-refractivity contribution is 0.0471. The van der Waals surface area contributed by atoms with E-state index >= 15 is 0 Å². The first-order chi connectivity index (χ1) is 14.9. The van der Waals surface area contributed by atoms with Crippen molar-refractivity contribution in [3.63, 3.8) is 0 Å². The summed E-state index contributed by atoms with van der Waals surface area (Å²) in [5.41, 5.74) is 3.60. The van der Waals surface area contributed by atoms with E-state index in [9.17, 15) is 9.59 Å². The fraction of sp³-hybridized carbons (Fsp3) is 0.348. The fourth-order valence-electron chi connectivity index (χ4n) is 3.29. The number of Topliss-reactive ketones (excluding diaryl/α,β-unsaturated/α-hetero) is 1. The predicted octanol–water partition coefficient (Wildman–Crippen LogP) is 4.38. The van der Waals surface area contributed by atoms with Crippen molar-refractivity contribution < 1.29 is 23.6 Å². The number of benzene rings is 1. The molecule has 1 aromatic carbocycles. The molecule has 0 aliphatic rings. The number of carbonyl (C=O) groups excluding carboxylic acids is 2. The number of hydrogen-bond donors (Lipinski definition) is 0. The van der Waals surface area contributed by atoms with E-state index in [1.165, 1.54) is 11.8 Å². The highest BCUT2D eigenvalue weighted by molar-refractivity contribution is 7.98. The van der Waals surface area contributed by atoms with Crippen molar-refractivity contribution in [2.45, 2.75) is 38.0 Å². The Morgan fingerprint density at radius 3 is 2.61 bits per heavy atom. The zero-order chi connectivity index (χ0) is 22.4. The summed E-state index contributed by atoms with van der Waals surface area (Å²) in [5.74, 6) is 0.507. The van der Waals surface area contributed by atoms with Crippen LogP contribution in [0.15, 0.2) is 45.8 Å². The van der Waals surface area contributed by atoms with Gasteiger partial charge in [-0.05, 0) is 39.0 Å². The third-order valence-electron chi connectivity index (χ3n) is 4.88. The van der Waals surface area contributed by atoms with Crippen molar-refractivity contribution in [3.05, 3.63) is 70.4 Å². The maximum absolute atomic E-state index is 12.7. The molecule has 0 radical (unpaired) electrons. The SMILES string of the molecule is COCCn1c(C)cc(C(=O)COC(=O)c2ccccc2SCc2cc(C)no2)c1C. The highest BCUT2D eigenvalue weighted by Crippen LogP contribution is 2.27. The topological polar surface area (TPSA) is 83.6 Å². The Morgan fingerprint density at radius 1 is 1.13 bits per heavy atom. The van der Waals surface area contributed by atoms with E-state index in [2.05, 4.69) is 5.16 Å².